The molecule has 0 bridgehead atoms. The van der Waals surface area contributed by atoms with Crippen molar-refractivity contribution in [3.63, 3.8) is 0 Å². The molecule has 0 aliphatic carbocycles. The lowest BCUT2D eigenvalue weighted by atomic mass is 10.2. The second-order valence-electron chi connectivity index (χ2n) is 3.84. The molecule has 1 amide bonds. The molecule has 0 saturated carbocycles. The van der Waals surface area contributed by atoms with E-state index in [0.717, 1.165) is 21.6 Å². The van der Waals surface area contributed by atoms with E-state index in [-0.39, 0.29) is 11.3 Å². The van der Waals surface area contributed by atoms with Gasteiger partial charge in [-0.2, -0.15) is 0 Å². The van der Waals surface area contributed by atoms with Crippen LogP contribution in [-0.2, 0) is 14.4 Å². The van der Waals surface area contributed by atoms with Crippen molar-refractivity contribution in [2.75, 3.05) is 5.75 Å². The van der Waals surface area contributed by atoms with Gasteiger partial charge in [-0.25, -0.2) is 14.4 Å². The SMILES string of the molecule is O=C(O)C(=O)N[C@@H](CSSc1ccccc1C(=O)O)C(=O)O. The first-order valence-corrected chi connectivity index (χ1v) is 8.03. The third-order valence-corrected chi connectivity index (χ3v) is 4.72. The minimum Gasteiger partial charge on any atom is -0.480 e. The van der Waals surface area contributed by atoms with Crippen molar-refractivity contribution in [1.82, 2.24) is 5.32 Å². The molecule has 0 aromatic heterocycles. The second kappa shape index (κ2) is 8.29. The van der Waals surface area contributed by atoms with Crippen LogP contribution in [0.15, 0.2) is 29.2 Å². The minimum atomic E-state index is -1.78. The van der Waals surface area contributed by atoms with Crippen molar-refractivity contribution >= 4 is 45.4 Å². The minimum absolute atomic E-state index is 0.0708. The summed E-state index contributed by atoms with van der Waals surface area (Å²) >= 11 is 0. The zero-order valence-corrected chi connectivity index (χ0v) is 12.5. The van der Waals surface area contributed by atoms with Gasteiger partial charge in [-0.1, -0.05) is 33.7 Å². The van der Waals surface area contributed by atoms with Crippen LogP contribution in [0.4, 0.5) is 0 Å². The van der Waals surface area contributed by atoms with E-state index in [9.17, 15) is 19.2 Å². The smallest absolute Gasteiger partial charge is 0.394 e. The summed E-state index contributed by atoms with van der Waals surface area (Å²) in [6.07, 6.45) is 0. The maximum Gasteiger partial charge on any atom is 0.394 e. The zero-order valence-electron chi connectivity index (χ0n) is 10.9. The predicted octanol–water partition coefficient (Wildman–Crippen LogP) is 0.779. The van der Waals surface area contributed by atoms with Gasteiger partial charge in [0.25, 0.3) is 0 Å². The van der Waals surface area contributed by atoms with Crippen molar-refractivity contribution in [2.24, 2.45) is 0 Å². The molecule has 0 aliphatic heterocycles. The summed E-state index contributed by atoms with van der Waals surface area (Å²) in [5.74, 6) is -5.82. The van der Waals surface area contributed by atoms with Crippen LogP contribution in [0.5, 0.6) is 0 Å². The van der Waals surface area contributed by atoms with Crippen LogP contribution >= 0.6 is 21.6 Å². The van der Waals surface area contributed by atoms with Crippen LogP contribution in [0.3, 0.4) is 0 Å². The third kappa shape index (κ3) is 5.30. The molecule has 0 radical (unpaired) electrons. The Balaban J connectivity index is 2.64. The normalized spacial score (nSPS) is 11.5. The van der Waals surface area contributed by atoms with Crippen LogP contribution in [0.25, 0.3) is 0 Å². The summed E-state index contributed by atoms with van der Waals surface area (Å²) in [4.78, 5) is 43.7. The van der Waals surface area contributed by atoms with Gasteiger partial charge in [0.1, 0.15) is 6.04 Å². The summed E-state index contributed by atoms with van der Waals surface area (Å²) in [5, 5.41) is 28.2. The highest BCUT2D eigenvalue weighted by molar-refractivity contribution is 8.76. The van der Waals surface area contributed by atoms with Gasteiger partial charge < -0.3 is 20.6 Å². The molecule has 0 fully saturated rings. The van der Waals surface area contributed by atoms with E-state index in [1.165, 1.54) is 6.07 Å². The molecule has 118 valence electrons. The van der Waals surface area contributed by atoms with Crippen molar-refractivity contribution in [1.29, 1.82) is 0 Å². The lowest BCUT2D eigenvalue weighted by Gasteiger charge is -2.12. The van der Waals surface area contributed by atoms with E-state index in [0.29, 0.717) is 4.90 Å². The Labute approximate surface area is 132 Å². The van der Waals surface area contributed by atoms with Gasteiger partial charge in [0.15, 0.2) is 0 Å². The Kier molecular flexibility index (Phi) is 6.73. The highest BCUT2D eigenvalue weighted by atomic mass is 33.1. The summed E-state index contributed by atoms with van der Waals surface area (Å²) in [7, 11) is 2.02. The van der Waals surface area contributed by atoms with Gasteiger partial charge in [0.05, 0.1) is 5.56 Å². The maximum atomic E-state index is 11.0. The zero-order chi connectivity index (χ0) is 16.7. The molecule has 1 aromatic carbocycles. The molecule has 0 unspecified atom stereocenters. The summed E-state index contributed by atoms with van der Waals surface area (Å²) < 4.78 is 0. The van der Waals surface area contributed by atoms with Crippen molar-refractivity contribution in [3.05, 3.63) is 29.8 Å². The fourth-order valence-corrected chi connectivity index (χ4v) is 3.64. The molecule has 0 aliphatic rings. The van der Waals surface area contributed by atoms with E-state index < -0.39 is 29.9 Å². The van der Waals surface area contributed by atoms with E-state index in [1.807, 2.05) is 5.32 Å². The van der Waals surface area contributed by atoms with E-state index in [4.69, 9.17) is 15.3 Å². The van der Waals surface area contributed by atoms with Crippen LogP contribution in [0, 0.1) is 0 Å². The number of aromatic carboxylic acids is 1. The number of nitrogens with one attached hydrogen (secondary N) is 1. The molecule has 4 N–H and O–H groups in total. The topological polar surface area (TPSA) is 141 Å². The number of rotatable bonds is 7. The number of aliphatic carboxylic acids is 2. The van der Waals surface area contributed by atoms with E-state index in [1.54, 1.807) is 18.2 Å². The number of carbonyl (C=O) groups excluding carboxylic acids is 1. The number of carbonyl (C=O) groups is 4. The van der Waals surface area contributed by atoms with Gasteiger partial charge in [0.2, 0.25) is 0 Å². The van der Waals surface area contributed by atoms with Gasteiger partial charge in [-0.15, -0.1) is 0 Å². The highest BCUT2D eigenvalue weighted by Gasteiger charge is 2.23. The van der Waals surface area contributed by atoms with Crippen molar-refractivity contribution in [3.8, 4) is 0 Å². The molecule has 8 nitrogen and oxygen atoms in total. The molecule has 1 atom stereocenters. The molecule has 1 rings (SSSR count). The van der Waals surface area contributed by atoms with Crippen molar-refractivity contribution < 1.29 is 34.5 Å². The molecule has 0 spiro atoms. The number of hydrogen-bond donors (Lipinski definition) is 4. The molecule has 22 heavy (non-hydrogen) atoms. The fraction of sp³-hybridized carbons (Fsp3) is 0.167. The Morgan fingerprint density at radius 2 is 1.73 bits per heavy atom. The lowest BCUT2D eigenvalue weighted by Crippen LogP contribution is -2.45. The molecule has 0 heterocycles. The monoisotopic (exact) mass is 345 g/mol. The molecule has 1 aromatic rings. The number of hydrogen-bond acceptors (Lipinski definition) is 6. The van der Waals surface area contributed by atoms with E-state index in [2.05, 4.69) is 0 Å². The summed E-state index contributed by atoms with van der Waals surface area (Å²) in [6.45, 7) is 0. The summed E-state index contributed by atoms with van der Waals surface area (Å²) in [5.41, 5.74) is 0.0708. The van der Waals surface area contributed by atoms with Gasteiger partial charge >= 0.3 is 23.8 Å². The highest BCUT2D eigenvalue weighted by Crippen LogP contribution is 2.33. The Hall–Kier alpha value is -2.20. The fourth-order valence-electron chi connectivity index (χ4n) is 1.28. The number of carboxylic acids is 3. The average molecular weight is 345 g/mol. The number of amides is 1. The van der Waals surface area contributed by atoms with Crippen molar-refractivity contribution in [2.45, 2.75) is 10.9 Å². The van der Waals surface area contributed by atoms with Gasteiger partial charge in [-0.3, -0.25) is 4.79 Å². The van der Waals surface area contributed by atoms with Crippen LogP contribution in [0.2, 0.25) is 0 Å². The Morgan fingerprint density at radius 1 is 1.09 bits per heavy atom. The average Bonchev–Trinajstić information content (AvgIpc) is 2.45. The van der Waals surface area contributed by atoms with Crippen LogP contribution in [0.1, 0.15) is 10.4 Å². The third-order valence-electron chi connectivity index (χ3n) is 2.30. The number of carboxylic acid groups (broad SMARTS) is 3. The Morgan fingerprint density at radius 3 is 2.27 bits per heavy atom. The molecular weight excluding hydrogens is 334 g/mol. The first-order chi connectivity index (χ1) is 10.3. The molecular formula is C12H11NO7S2. The first kappa shape index (κ1) is 17.9. The first-order valence-electron chi connectivity index (χ1n) is 5.71. The lowest BCUT2D eigenvalue weighted by molar-refractivity contribution is -0.151. The predicted molar refractivity (Wildman–Crippen MR) is 78.9 cm³/mol. The molecule has 0 saturated heterocycles. The quantitative estimate of drug-likeness (QED) is 0.416. The largest absolute Gasteiger partial charge is 0.480 e. The summed E-state index contributed by atoms with van der Waals surface area (Å²) in [6, 6.07) is 4.78. The molecule has 10 heteroatoms. The number of benzene rings is 1. The standard InChI is InChI=1S/C12H11NO7S2/c14-9(12(19)20)13-7(11(17)18)5-21-22-8-4-2-1-3-6(8)10(15)16/h1-4,7H,5H2,(H,13,14)(H,15,16)(H,17,18)(H,19,20)/t7-/m0/s1. The van der Waals surface area contributed by atoms with Crippen LogP contribution in [-0.4, -0.2) is 50.9 Å². The second-order valence-corrected chi connectivity index (χ2v) is 6.22. The van der Waals surface area contributed by atoms with E-state index >= 15 is 0 Å². The maximum absolute atomic E-state index is 11.0. The Bertz CT molecular complexity index is 605. The van der Waals surface area contributed by atoms with Gasteiger partial charge in [-0.05, 0) is 12.1 Å². The van der Waals surface area contributed by atoms with Crippen LogP contribution < -0.4 is 5.32 Å². The van der Waals surface area contributed by atoms with Gasteiger partial charge in [0, 0.05) is 10.6 Å².